The molecule has 0 spiro atoms. The van der Waals surface area contributed by atoms with Crippen LogP contribution in [0.15, 0.2) is 24.3 Å². The third-order valence-corrected chi connectivity index (χ3v) is 5.48. The Bertz CT molecular complexity index is 697. The third kappa shape index (κ3) is 3.91. The zero-order valence-electron chi connectivity index (χ0n) is 15.5. The molecule has 8 heteroatoms. The maximum Gasteiger partial charge on any atom is 0.272 e. The Balaban J connectivity index is 1.71. The SMILES string of the molecule is CC(C)C[C@H](C(=O)N1C[C@@H]2C[C@H]1CN2c1ccc(F)cc1)[C@@H](O)C(=O)NO. The van der Waals surface area contributed by atoms with E-state index in [0.29, 0.717) is 19.5 Å². The van der Waals surface area contributed by atoms with Gasteiger partial charge in [0.25, 0.3) is 5.91 Å². The van der Waals surface area contributed by atoms with Crippen molar-refractivity contribution in [2.24, 2.45) is 11.8 Å². The first-order chi connectivity index (χ1) is 12.8. The monoisotopic (exact) mass is 379 g/mol. The molecule has 0 aliphatic carbocycles. The van der Waals surface area contributed by atoms with E-state index in [0.717, 1.165) is 12.1 Å². The lowest BCUT2D eigenvalue weighted by Gasteiger charge is -2.38. The number of benzene rings is 1. The lowest BCUT2D eigenvalue weighted by atomic mass is 9.90. The molecule has 4 atom stereocenters. The number of hydroxylamine groups is 1. The number of aliphatic hydroxyl groups excluding tert-OH is 1. The molecule has 2 heterocycles. The van der Waals surface area contributed by atoms with Crippen LogP contribution in [0.4, 0.5) is 10.1 Å². The van der Waals surface area contributed by atoms with Gasteiger partial charge >= 0.3 is 0 Å². The van der Waals surface area contributed by atoms with Gasteiger partial charge in [-0.25, -0.2) is 9.87 Å². The predicted octanol–water partition coefficient (Wildman–Crippen LogP) is 1.14. The maximum atomic E-state index is 13.1. The van der Waals surface area contributed by atoms with E-state index in [4.69, 9.17) is 5.21 Å². The molecular formula is C19H26FN3O4. The van der Waals surface area contributed by atoms with E-state index in [1.807, 2.05) is 13.8 Å². The fourth-order valence-electron chi connectivity index (χ4n) is 4.22. The van der Waals surface area contributed by atoms with Gasteiger partial charge in [0, 0.05) is 24.8 Å². The van der Waals surface area contributed by atoms with Crippen molar-refractivity contribution in [3.05, 3.63) is 30.1 Å². The molecule has 2 bridgehead atoms. The van der Waals surface area contributed by atoms with Gasteiger partial charge in [0.1, 0.15) is 11.9 Å². The number of carbonyl (C=O) groups is 2. The van der Waals surface area contributed by atoms with Crippen molar-refractivity contribution in [1.29, 1.82) is 0 Å². The Kier molecular flexibility index (Phi) is 5.67. The third-order valence-electron chi connectivity index (χ3n) is 5.48. The molecule has 1 aromatic rings. The molecule has 2 saturated heterocycles. The molecule has 2 fully saturated rings. The van der Waals surface area contributed by atoms with E-state index >= 15 is 0 Å². The van der Waals surface area contributed by atoms with Crippen LogP contribution in [0.2, 0.25) is 0 Å². The molecule has 2 aliphatic rings. The number of hydrogen-bond acceptors (Lipinski definition) is 5. The van der Waals surface area contributed by atoms with Crippen LogP contribution in [0.3, 0.4) is 0 Å². The Labute approximate surface area is 157 Å². The van der Waals surface area contributed by atoms with Gasteiger partial charge in [0.2, 0.25) is 5.91 Å². The Morgan fingerprint density at radius 2 is 1.89 bits per heavy atom. The molecule has 0 aromatic heterocycles. The molecular weight excluding hydrogens is 353 g/mol. The Hall–Kier alpha value is -2.19. The van der Waals surface area contributed by atoms with Crippen LogP contribution in [-0.2, 0) is 9.59 Å². The first kappa shape index (κ1) is 19.6. The number of rotatable bonds is 6. The molecule has 3 rings (SSSR count). The molecule has 2 amide bonds. The molecule has 148 valence electrons. The second-order valence-corrected chi connectivity index (χ2v) is 7.82. The number of fused-ring (bicyclic) bond motifs is 2. The fraction of sp³-hybridized carbons (Fsp3) is 0.579. The van der Waals surface area contributed by atoms with Gasteiger partial charge in [0.15, 0.2) is 0 Å². The van der Waals surface area contributed by atoms with Crippen LogP contribution in [-0.4, -0.2) is 58.3 Å². The molecule has 3 N–H and O–H groups in total. The van der Waals surface area contributed by atoms with E-state index in [9.17, 15) is 19.1 Å². The number of halogens is 1. The summed E-state index contributed by atoms with van der Waals surface area (Å²) in [4.78, 5) is 28.6. The lowest BCUT2D eigenvalue weighted by Crippen LogP contribution is -2.53. The normalized spacial score (nSPS) is 23.6. The summed E-state index contributed by atoms with van der Waals surface area (Å²) in [5, 5.41) is 19.0. The molecule has 0 unspecified atom stereocenters. The topological polar surface area (TPSA) is 93.1 Å². The number of aliphatic hydroxyl groups is 1. The van der Waals surface area contributed by atoms with Crippen molar-refractivity contribution in [2.75, 3.05) is 18.0 Å². The molecule has 0 saturated carbocycles. The van der Waals surface area contributed by atoms with Crippen LogP contribution in [0.1, 0.15) is 26.7 Å². The van der Waals surface area contributed by atoms with Crippen LogP contribution >= 0.6 is 0 Å². The highest BCUT2D eigenvalue weighted by Crippen LogP contribution is 2.36. The minimum absolute atomic E-state index is 0.00777. The smallest absolute Gasteiger partial charge is 0.272 e. The van der Waals surface area contributed by atoms with Gasteiger partial charge in [-0.3, -0.25) is 14.8 Å². The summed E-state index contributed by atoms with van der Waals surface area (Å²) in [5.41, 5.74) is 2.36. The van der Waals surface area contributed by atoms with Crippen molar-refractivity contribution in [2.45, 2.75) is 44.9 Å². The van der Waals surface area contributed by atoms with Crippen molar-refractivity contribution >= 4 is 17.5 Å². The van der Waals surface area contributed by atoms with Crippen molar-refractivity contribution < 1.29 is 24.3 Å². The average molecular weight is 379 g/mol. The number of piperazine rings is 1. The quantitative estimate of drug-likeness (QED) is 0.509. The highest BCUT2D eigenvalue weighted by Gasteiger charge is 2.48. The van der Waals surface area contributed by atoms with E-state index in [1.165, 1.54) is 17.6 Å². The number of likely N-dealkylation sites (tertiary alicyclic amines) is 1. The zero-order chi connectivity index (χ0) is 19.7. The van der Waals surface area contributed by atoms with Gasteiger partial charge in [-0.05, 0) is 43.0 Å². The summed E-state index contributed by atoms with van der Waals surface area (Å²) >= 11 is 0. The largest absolute Gasteiger partial charge is 0.382 e. The van der Waals surface area contributed by atoms with Crippen molar-refractivity contribution in [1.82, 2.24) is 10.4 Å². The summed E-state index contributed by atoms with van der Waals surface area (Å²) in [5.74, 6) is -2.30. The van der Waals surface area contributed by atoms with E-state index in [2.05, 4.69) is 4.90 Å². The summed E-state index contributed by atoms with van der Waals surface area (Å²) in [6, 6.07) is 6.44. The second-order valence-electron chi connectivity index (χ2n) is 7.82. The summed E-state index contributed by atoms with van der Waals surface area (Å²) in [6.07, 6.45) is -0.430. The standard InChI is InChI=1S/C19H26FN3O4/c1-11(2)7-16(17(24)18(25)21-27)19(26)23-10-14-8-15(23)9-22(14)13-5-3-12(20)4-6-13/h3-6,11,14-17,24,27H,7-10H2,1-2H3,(H,21,25)/t14-,15-,16-,17+/m0/s1. The first-order valence-electron chi connectivity index (χ1n) is 9.26. The number of carbonyl (C=O) groups excluding carboxylic acids is 2. The van der Waals surface area contributed by atoms with Crippen LogP contribution < -0.4 is 10.4 Å². The van der Waals surface area contributed by atoms with Gasteiger partial charge in [-0.15, -0.1) is 0 Å². The second kappa shape index (κ2) is 7.82. The molecule has 2 aliphatic heterocycles. The van der Waals surface area contributed by atoms with Crippen molar-refractivity contribution in [3.8, 4) is 0 Å². The number of nitrogens with zero attached hydrogens (tertiary/aromatic N) is 2. The predicted molar refractivity (Wildman–Crippen MR) is 96.5 cm³/mol. The lowest BCUT2D eigenvalue weighted by molar-refractivity contribution is -0.151. The highest BCUT2D eigenvalue weighted by atomic mass is 19.1. The van der Waals surface area contributed by atoms with Gasteiger partial charge in [0.05, 0.1) is 12.0 Å². The number of nitrogens with one attached hydrogen (secondary N) is 1. The minimum Gasteiger partial charge on any atom is -0.382 e. The molecule has 1 aromatic carbocycles. The van der Waals surface area contributed by atoms with E-state index in [1.54, 1.807) is 17.0 Å². The first-order valence-corrected chi connectivity index (χ1v) is 9.26. The van der Waals surface area contributed by atoms with E-state index < -0.39 is 17.9 Å². The van der Waals surface area contributed by atoms with Crippen molar-refractivity contribution in [3.63, 3.8) is 0 Å². The van der Waals surface area contributed by atoms with Gasteiger partial charge < -0.3 is 14.9 Å². The van der Waals surface area contributed by atoms with Gasteiger partial charge in [-0.2, -0.15) is 0 Å². The molecule has 27 heavy (non-hydrogen) atoms. The van der Waals surface area contributed by atoms with Gasteiger partial charge in [-0.1, -0.05) is 13.8 Å². The number of amides is 2. The van der Waals surface area contributed by atoms with Crippen LogP contribution in [0, 0.1) is 17.7 Å². The highest BCUT2D eigenvalue weighted by molar-refractivity contribution is 5.89. The zero-order valence-corrected chi connectivity index (χ0v) is 15.5. The Morgan fingerprint density at radius 3 is 2.41 bits per heavy atom. The summed E-state index contributed by atoms with van der Waals surface area (Å²) in [7, 11) is 0. The number of anilines is 1. The summed E-state index contributed by atoms with van der Waals surface area (Å²) < 4.78 is 13.1. The fourth-order valence-corrected chi connectivity index (χ4v) is 4.22. The van der Waals surface area contributed by atoms with E-state index in [-0.39, 0.29) is 29.7 Å². The Morgan fingerprint density at radius 1 is 1.22 bits per heavy atom. The van der Waals surface area contributed by atoms with Crippen LogP contribution in [0.25, 0.3) is 0 Å². The summed E-state index contributed by atoms with van der Waals surface area (Å²) in [6.45, 7) is 4.97. The maximum absolute atomic E-state index is 13.1. The average Bonchev–Trinajstić information content (AvgIpc) is 3.25. The molecule has 0 radical (unpaired) electrons. The van der Waals surface area contributed by atoms with Crippen LogP contribution in [0.5, 0.6) is 0 Å². The minimum atomic E-state index is -1.59. The molecule has 7 nitrogen and oxygen atoms in total. The number of hydrogen-bond donors (Lipinski definition) is 3.